The Hall–Kier alpha value is -2.52. The Morgan fingerprint density at radius 2 is 1.70 bits per heavy atom. The molecule has 0 unspecified atom stereocenters. The van der Waals surface area contributed by atoms with E-state index >= 15 is 0 Å². The molecule has 0 saturated heterocycles. The Balaban J connectivity index is 1.61. The highest BCUT2D eigenvalue weighted by Gasteiger charge is 2.03. The third-order valence-corrected chi connectivity index (χ3v) is 3.78. The van der Waals surface area contributed by atoms with E-state index in [-0.39, 0.29) is 6.61 Å². The molecule has 2 N–H and O–H groups in total. The Morgan fingerprint density at radius 3 is 2.43 bits per heavy atom. The van der Waals surface area contributed by atoms with Gasteiger partial charge in [-0.05, 0) is 47.7 Å². The van der Waals surface area contributed by atoms with Crippen LogP contribution in [0.4, 0.5) is 0 Å². The second-order valence-electron chi connectivity index (χ2n) is 5.54. The van der Waals surface area contributed by atoms with Gasteiger partial charge in [0.15, 0.2) is 0 Å². The molecule has 0 bridgehead atoms. The first-order valence-corrected chi connectivity index (χ1v) is 7.90. The number of benzene rings is 2. The van der Waals surface area contributed by atoms with E-state index in [1.54, 1.807) is 0 Å². The van der Waals surface area contributed by atoms with Crippen LogP contribution in [0.5, 0.6) is 5.75 Å². The van der Waals surface area contributed by atoms with Crippen molar-refractivity contribution in [3.05, 3.63) is 78.1 Å². The molecule has 1 heterocycles. The molecule has 0 atom stereocenters. The maximum atomic E-state index is 8.89. The molecule has 0 aliphatic rings. The summed E-state index contributed by atoms with van der Waals surface area (Å²) in [5.74, 6) is 0.869. The average molecular weight is 307 g/mol. The molecule has 0 spiro atoms. The quantitative estimate of drug-likeness (QED) is 0.687. The van der Waals surface area contributed by atoms with E-state index in [2.05, 4.69) is 35.3 Å². The van der Waals surface area contributed by atoms with Crippen molar-refractivity contribution in [2.24, 2.45) is 0 Å². The molecule has 3 heteroatoms. The van der Waals surface area contributed by atoms with Gasteiger partial charge in [-0.1, -0.05) is 42.5 Å². The van der Waals surface area contributed by atoms with Crippen molar-refractivity contribution in [3.8, 4) is 16.9 Å². The normalized spacial score (nSPS) is 10.7. The molecule has 0 aliphatic heterocycles. The fraction of sp³-hybridized carbons (Fsp3) is 0.200. The van der Waals surface area contributed by atoms with Crippen molar-refractivity contribution in [1.82, 2.24) is 4.98 Å². The van der Waals surface area contributed by atoms with Gasteiger partial charge in [-0.25, -0.2) is 0 Å². The minimum absolute atomic E-state index is 0.224. The number of rotatable bonds is 7. The number of aliphatic hydroxyl groups is 1. The SMILES string of the molecule is OCCCc1cc(-c2ccc(OCc3ccccc3)cc2)c[nH]1. The first kappa shape index (κ1) is 15.4. The maximum absolute atomic E-state index is 8.89. The molecule has 0 saturated carbocycles. The van der Waals surface area contributed by atoms with E-state index in [9.17, 15) is 0 Å². The summed E-state index contributed by atoms with van der Waals surface area (Å²) < 4.78 is 5.81. The van der Waals surface area contributed by atoms with Gasteiger partial charge in [0.25, 0.3) is 0 Å². The molecule has 1 aromatic heterocycles. The molecular weight excluding hydrogens is 286 g/mol. The minimum Gasteiger partial charge on any atom is -0.489 e. The van der Waals surface area contributed by atoms with E-state index in [4.69, 9.17) is 9.84 Å². The van der Waals surface area contributed by atoms with E-state index < -0.39 is 0 Å². The fourth-order valence-electron chi connectivity index (χ4n) is 2.51. The molecule has 3 rings (SSSR count). The second-order valence-corrected chi connectivity index (χ2v) is 5.54. The molecule has 0 aliphatic carbocycles. The zero-order valence-electron chi connectivity index (χ0n) is 13.0. The number of aryl methyl sites for hydroxylation is 1. The predicted octanol–water partition coefficient (Wildman–Crippen LogP) is 4.19. The zero-order chi connectivity index (χ0) is 15.9. The molecule has 2 aromatic carbocycles. The van der Waals surface area contributed by atoms with E-state index in [0.29, 0.717) is 6.61 Å². The predicted molar refractivity (Wildman–Crippen MR) is 92.4 cm³/mol. The molecule has 23 heavy (non-hydrogen) atoms. The Morgan fingerprint density at radius 1 is 0.913 bits per heavy atom. The lowest BCUT2D eigenvalue weighted by Crippen LogP contribution is -1.94. The number of H-pyrrole nitrogens is 1. The van der Waals surface area contributed by atoms with Crippen LogP contribution in [0.3, 0.4) is 0 Å². The second kappa shape index (κ2) is 7.65. The number of aliphatic hydroxyl groups excluding tert-OH is 1. The Labute approximate surface area is 136 Å². The van der Waals surface area contributed by atoms with Crippen molar-refractivity contribution in [1.29, 1.82) is 0 Å². The van der Waals surface area contributed by atoms with Crippen LogP contribution < -0.4 is 4.74 Å². The highest BCUT2D eigenvalue weighted by molar-refractivity contribution is 5.64. The lowest BCUT2D eigenvalue weighted by molar-refractivity contribution is 0.288. The first-order valence-electron chi connectivity index (χ1n) is 7.90. The highest BCUT2D eigenvalue weighted by Crippen LogP contribution is 2.24. The van der Waals surface area contributed by atoms with Gasteiger partial charge < -0.3 is 14.8 Å². The van der Waals surface area contributed by atoms with Crippen LogP contribution in [0.1, 0.15) is 17.7 Å². The molecule has 3 nitrogen and oxygen atoms in total. The monoisotopic (exact) mass is 307 g/mol. The van der Waals surface area contributed by atoms with Gasteiger partial charge in [-0.15, -0.1) is 0 Å². The Kier molecular flexibility index (Phi) is 5.12. The van der Waals surface area contributed by atoms with E-state index in [0.717, 1.165) is 41.0 Å². The number of hydrogen-bond acceptors (Lipinski definition) is 2. The molecule has 0 fully saturated rings. The standard InChI is InChI=1S/C20H21NO2/c22-12-4-7-19-13-18(14-21-19)17-8-10-20(11-9-17)23-15-16-5-2-1-3-6-16/h1-3,5-6,8-11,13-14,21-22H,4,7,12,15H2. The molecule has 0 amide bonds. The summed E-state index contributed by atoms with van der Waals surface area (Å²) in [6, 6.07) is 20.4. The van der Waals surface area contributed by atoms with Crippen LogP contribution in [0.15, 0.2) is 66.9 Å². The lowest BCUT2D eigenvalue weighted by atomic mass is 10.1. The maximum Gasteiger partial charge on any atom is 0.119 e. The van der Waals surface area contributed by atoms with Crippen LogP contribution in [-0.4, -0.2) is 16.7 Å². The topological polar surface area (TPSA) is 45.2 Å². The van der Waals surface area contributed by atoms with Gasteiger partial charge in [0.2, 0.25) is 0 Å². The third-order valence-electron chi connectivity index (χ3n) is 3.78. The van der Waals surface area contributed by atoms with Gasteiger partial charge >= 0.3 is 0 Å². The van der Waals surface area contributed by atoms with Gasteiger partial charge in [0, 0.05) is 18.5 Å². The minimum atomic E-state index is 0.224. The molecular formula is C20H21NO2. The summed E-state index contributed by atoms with van der Waals surface area (Å²) in [4.78, 5) is 3.26. The van der Waals surface area contributed by atoms with Gasteiger partial charge in [-0.2, -0.15) is 0 Å². The smallest absolute Gasteiger partial charge is 0.119 e. The largest absolute Gasteiger partial charge is 0.489 e. The number of nitrogens with one attached hydrogen (secondary N) is 1. The zero-order valence-corrected chi connectivity index (χ0v) is 13.0. The highest BCUT2D eigenvalue weighted by atomic mass is 16.5. The first-order chi connectivity index (χ1) is 11.3. The van der Waals surface area contributed by atoms with Crippen molar-refractivity contribution >= 4 is 0 Å². The summed E-state index contributed by atoms with van der Waals surface area (Å²) in [6.45, 7) is 0.803. The van der Waals surface area contributed by atoms with Crippen LogP contribution in [0.2, 0.25) is 0 Å². The summed E-state index contributed by atoms with van der Waals surface area (Å²) in [5, 5.41) is 8.89. The van der Waals surface area contributed by atoms with E-state index in [1.807, 2.05) is 36.5 Å². The summed E-state index contributed by atoms with van der Waals surface area (Å²) in [6.07, 6.45) is 3.66. The van der Waals surface area contributed by atoms with Crippen LogP contribution in [0.25, 0.3) is 11.1 Å². The summed E-state index contributed by atoms with van der Waals surface area (Å²) in [5.41, 5.74) is 4.63. The number of aromatic amines is 1. The number of aromatic nitrogens is 1. The van der Waals surface area contributed by atoms with Gasteiger partial charge in [-0.3, -0.25) is 0 Å². The fourth-order valence-corrected chi connectivity index (χ4v) is 2.51. The number of ether oxygens (including phenoxy) is 1. The van der Waals surface area contributed by atoms with Crippen molar-refractivity contribution < 1.29 is 9.84 Å². The molecule has 0 radical (unpaired) electrons. The van der Waals surface area contributed by atoms with Crippen molar-refractivity contribution in [3.63, 3.8) is 0 Å². The molecule has 3 aromatic rings. The van der Waals surface area contributed by atoms with Crippen LogP contribution >= 0.6 is 0 Å². The summed E-state index contributed by atoms with van der Waals surface area (Å²) in [7, 11) is 0. The van der Waals surface area contributed by atoms with Crippen molar-refractivity contribution in [2.45, 2.75) is 19.4 Å². The number of hydrogen-bond donors (Lipinski definition) is 2. The van der Waals surface area contributed by atoms with Crippen LogP contribution in [-0.2, 0) is 13.0 Å². The molecule has 118 valence electrons. The average Bonchev–Trinajstić information content (AvgIpc) is 3.08. The van der Waals surface area contributed by atoms with Gasteiger partial charge in [0.05, 0.1) is 0 Å². The summed E-state index contributed by atoms with van der Waals surface area (Å²) >= 11 is 0. The third kappa shape index (κ3) is 4.24. The lowest BCUT2D eigenvalue weighted by Gasteiger charge is -2.07. The van der Waals surface area contributed by atoms with E-state index in [1.165, 1.54) is 0 Å². The Bertz CT molecular complexity index is 717. The van der Waals surface area contributed by atoms with Gasteiger partial charge in [0.1, 0.15) is 12.4 Å². The van der Waals surface area contributed by atoms with Crippen LogP contribution in [0, 0.1) is 0 Å². The van der Waals surface area contributed by atoms with Crippen molar-refractivity contribution in [2.75, 3.05) is 6.61 Å².